The molecular formula is C12H17ClN2. The van der Waals surface area contributed by atoms with Gasteiger partial charge in [0, 0.05) is 23.3 Å². The average Bonchev–Trinajstić information content (AvgIpc) is 2.16. The maximum absolute atomic E-state index is 6.05. The van der Waals surface area contributed by atoms with Gasteiger partial charge in [-0.25, -0.2) is 0 Å². The summed E-state index contributed by atoms with van der Waals surface area (Å²) < 4.78 is 0. The van der Waals surface area contributed by atoms with E-state index in [0.717, 1.165) is 11.6 Å². The lowest BCUT2D eigenvalue weighted by molar-refractivity contribution is 0.225. The van der Waals surface area contributed by atoms with Gasteiger partial charge in [-0.1, -0.05) is 18.5 Å². The van der Waals surface area contributed by atoms with Gasteiger partial charge in [-0.2, -0.15) is 0 Å². The Morgan fingerprint density at radius 2 is 2.13 bits per heavy atom. The van der Waals surface area contributed by atoms with Crippen LogP contribution in [0.5, 0.6) is 0 Å². The SMILES string of the molecule is CC1CNc2ccc(Cl)cc2C1N(C)C. The second-order valence-electron chi connectivity index (χ2n) is 4.50. The Labute approximate surface area is 96.2 Å². The fourth-order valence-electron chi connectivity index (χ4n) is 2.42. The van der Waals surface area contributed by atoms with Crippen LogP contribution in [0.2, 0.25) is 5.02 Å². The molecule has 0 saturated carbocycles. The van der Waals surface area contributed by atoms with Crippen LogP contribution in [-0.4, -0.2) is 25.5 Å². The Balaban J connectivity index is 2.46. The molecule has 2 nitrogen and oxygen atoms in total. The van der Waals surface area contributed by atoms with Crippen molar-refractivity contribution in [1.29, 1.82) is 0 Å². The van der Waals surface area contributed by atoms with Crippen LogP contribution < -0.4 is 5.32 Å². The molecule has 2 atom stereocenters. The minimum absolute atomic E-state index is 0.458. The van der Waals surface area contributed by atoms with E-state index in [0.29, 0.717) is 12.0 Å². The van der Waals surface area contributed by atoms with Crippen LogP contribution in [0.3, 0.4) is 0 Å². The second kappa shape index (κ2) is 4.03. The van der Waals surface area contributed by atoms with Crippen LogP contribution in [0.4, 0.5) is 5.69 Å². The molecule has 1 aliphatic heterocycles. The highest BCUT2D eigenvalue weighted by Gasteiger charge is 2.27. The molecule has 0 spiro atoms. The smallest absolute Gasteiger partial charge is 0.0410 e. The Kier molecular flexibility index (Phi) is 2.89. The van der Waals surface area contributed by atoms with Gasteiger partial charge in [-0.05, 0) is 43.8 Å². The van der Waals surface area contributed by atoms with E-state index in [1.807, 2.05) is 6.07 Å². The van der Waals surface area contributed by atoms with Gasteiger partial charge in [0.25, 0.3) is 0 Å². The number of fused-ring (bicyclic) bond motifs is 1. The van der Waals surface area contributed by atoms with Crippen LogP contribution in [0.1, 0.15) is 18.5 Å². The fraction of sp³-hybridized carbons (Fsp3) is 0.500. The number of nitrogens with zero attached hydrogens (tertiary/aromatic N) is 1. The van der Waals surface area contributed by atoms with E-state index < -0.39 is 0 Å². The van der Waals surface area contributed by atoms with Crippen molar-refractivity contribution in [2.24, 2.45) is 5.92 Å². The molecule has 0 fully saturated rings. The Morgan fingerprint density at radius 1 is 1.40 bits per heavy atom. The first kappa shape index (κ1) is 10.8. The van der Waals surface area contributed by atoms with Crippen LogP contribution in [0.25, 0.3) is 0 Å². The molecule has 0 amide bonds. The van der Waals surface area contributed by atoms with Crippen molar-refractivity contribution in [1.82, 2.24) is 4.90 Å². The number of hydrogen-bond acceptors (Lipinski definition) is 2. The molecule has 1 aromatic rings. The summed E-state index contributed by atoms with van der Waals surface area (Å²) in [4.78, 5) is 2.26. The molecule has 1 N–H and O–H groups in total. The van der Waals surface area contributed by atoms with Crippen molar-refractivity contribution in [2.75, 3.05) is 26.0 Å². The van der Waals surface area contributed by atoms with Crippen molar-refractivity contribution in [3.05, 3.63) is 28.8 Å². The molecule has 2 rings (SSSR count). The zero-order chi connectivity index (χ0) is 11.0. The number of nitrogens with one attached hydrogen (secondary N) is 1. The van der Waals surface area contributed by atoms with Crippen molar-refractivity contribution in [2.45, 2.75) is 13.0 Å². The highest BCUT2D eigenvalue weighted by molar-refractivity contribution is 6.30. The lowest BCUT2D eigenvalue weighted by Crippen LogP contribution is -2.34. The Hall–Kier alpha value is -0.730. The maximum atomic E-state index is 6.05. The van der Waals surface area contributed by atoms with Crippen LogP contribution >= 0.6 is 11.6 Å². The summed E-state index contributed by atoms with van der Waals surface area (Å²) in [7, 11) is 4.24. The van der Waals surface area contributed by atoms with Crippen molar-refractivity contribution < 1.29 is 0 Å². The number of benzene rings is 1. The summed E-state index contributed by atoms with van der Waals surface area (Å²) in [6.45, 7) is 3.29. The summed E-state index contributed by atoms with van der Waals surface area (Å²) in [6.07, 6.45) is 0. The zero-order valence-corrected chi connectivity index (χ0v) is 10.2. The van der Waals surface area contributed by atoms with E-state index in [4.69, 9.17) is 11.6 Å². The van der Waals surface area contributed by atoms with Crippen molar-refractivity contribution in [3.63, 3.8) is 0 Å². The third-order valence-electron chi connectivity index (χ3n) is 3.04. The van der Waals surface area contributed by atoms with Crippen molar-refractivity contribution >= 4 is 17.3 Å². The fourth-order valence-corrected chi connectivity index (χ4v) is 2.60. The Morgan fingerprint density at radius 3 is 2.80 bits per heavy atom. The van der Waals surface area contributed by atoms with Gasteiger partial charge in [0.15, 0.2) is 0 Å². The van der Waals surface area contributed by atoms with Crippen LogP contribution in [0.15, 0.2) is 18.2 Å². The molecule has 1 aromatic carbocycles. The summed E-state index contributed by atoms with van der Waals surface area (Å²) in [5.74, 6) is 0.603. The minimum atomic E-state index is 0.458. The molecule has 82 valence electrons. The number of anilines is 1. The first-order chi connectivity index (χ1) is 7.09. The highest BCUT2D eigenvalue weighted by Crippen LogP contribution is 2.37. The molecular weight excluding hydrogens is 208 g/mol. The monoisotopic (exact) mass is 224 g/mol. The molecule has 15 heavy (non-hydrogen) atoms. The average molecular weight is 225 g/mol. The maximum Gasteiger partial charge on any atom is 0.0410 e. The van der Waals surface area contributed by atoms with E-state index in [-0.39, 0.29) is 0 Å². The van der Waals surface area contributed by atoms with Gasteiger partial charge in [0.05, 0.1) is 0 Å². The molecule has 0 aliphatic carbocycles. The van der Waals surface area contributed by atoms with Crippen molar-refractivity contribution in [3.8, 4) is 0 Å². The molecule has 0 saturated heterocycles. The van der Waals surface area contributed by atoms with E-state index in [1.165, 1.54) is 11.3 Å². The molecule has 0 aromatic heterocycles. The molecule has 2 unspecified atom stereocenters. The quantitative estimate of drug-likeness (QED) is 0.789. The third-order valence-corrected chi connectivity index (χ3v) is 3.28. The summed E-state index contributed by atoms with van der Waals surface area (Å²) in [5.41, 5.74) is 2.53. The predicted molar refractivity (Wildman–Crippen MR) is 65.5 cm³/mol. The first-order valence-electron chi connectivity index (χ1n) is 5.29. The van der Waals surface area contributed by atoms with E-state index in [2.05, 4.69) is 43.4 Å². The highest BCUT2D eigenvalue weighted by atomic mass is 35.5. The van der Waals surface area contributed by atoms with Gasteiger partial charge < -0.3 is 10.2 Å². The third kappa shape index (κ3) is 1.97. The summed E-state index contributed by atoms with van der Waals surface area (Å²) in [5, 5.41) is 4.26. The van der Waals surface area contributed by atoms with Gasteiger partial charge in [-0.3, -0.25) is 0 Å². The van der Waals surface area contributed by atoms with Gasteiger partial charge in [-0.15, -0.1) is 0 Å². The lowest BCUT2D eigenvalue weighted by atomic mass is 9.89. The molecule has 3 heteroatoms. The standard InChI is InChI=1S/C12H17ClN2/c1-8-7-14-11-5-4-9(13)6-10(11)12(8)15(2)3/h4-6,8,12,14H,7H2,1-3H3. The molecule has 0 bridgehead atoms. The number of halogens is 1. The molecule has 1 aliphatic rings. The minimum Gasteiger partial charge on any atom is -0.384 e. The first-order valence-corrected chi connectivity index (χ1v) is 5.67. The van der Waals surface area contributed by atoms with E-state index in [1.54, 1.807) is 0 Å². The Bertz CT molecular complexity index is 363. The van der Waals surface area contributed by atoms with Gasteiger partial charge >= 0.3 is 0 Å². The number of rotatable bonds is 1. The predicted octanol–water partition coefficient (Wildman–Crippen LogP) is 3.00. The van der Waals surface area contributed by atoms with Gasteiger partial charge in [0.2, 0.25) is 0 Å². The topological polar surface area (TPSA) is 15.3 Å². The van der Waals surface area contributed by atoms with E-state index >= 15 is 0 Å². The lowest BCUT2D eigenvalue weighted by Gasteiger charge is -2.36. The molecule has 1 heterocycles. The normalized spacial score (nSPS) is 24.9. The van der Waals surface area contributed by atoms with Crippen LogP contribution in [0, 0.1) is 5.92 Å². The summed E-state index contributed by atoms with van der Waals surface area (Å²) >= 11 is 6.05. The zero-order valence-electron chi connectivity index (χ0n) is 9.42. The van der Waals surface area contributed by atoms with Crippen LogP contribution in [-0.2, 0) is 0 Å². The summed E-state index contributed by atoms with van der Waals surface area (Å²) in [6, 6.07) is 6.54. The largest absolute Gasteiger partial charge is 0.384 e. The van der Waals surface area contributed by atoms with Gasteiger partial charge in [0.1, 0.15) is 0 Å². The second-order valence-corrected chi connectivity index (χ2v) is 4.93. The molecule has 0 radical (unpaired) electrons. The van der Waals surface area contributed by atoms with E-state index in [9.17, 15) is 0 Å². The number of hydrogen-bond donors (Lipinski definition) is 1.